The van der Waals surface area contributed by atoms with Crippen molar-refractivity contribution in [2.24, 2.45) is 0 Å². The molecule has 0 radical (unpaired) electrons. The van der Waals surface area contributed by atoms with Gasteiger partial charge in [0.2, 0.25) is 5.91 Å². The average Bonchev–Trinajstić information content (AvgIpc) is 1.82. The second kappa shape index (κ2) is 27.5. The summed E-state index contributed by atoms with van der Waals surface area (Å²) < 4.78 is 37.6. The molecule has 506 valence electrons. The van der Waals surface area contributed by atoms with E-state index in [2.05, 4.69) is 44.8 Å². The van der Waals surface area contributed by atoms with Gasteiger partial charge in [0.25, 0.3) is 0 Å². The molecular formula is C71H103NO19. The van der Waals surface area contributed by atoms with Gasteiger partial charge in [0.05, 0.1) is 22.4 Å². The molecule has 6 spiro atoms. The molecule has 0 aromatic rings. The van der Waals surface area contributed by atoms with Gasteiger partial charge in [-0.3, -0.25) is 9.59 Å². The van der Waals surface area contributed by atoms with Gasteiger partial charge in [-0.05, 0) is 175 Å². The molecule has 0 aromatic heterocycles. The first-order valence-corrected chi connectivity index (χ1v) is 33.0. The second-order valence-electron chi connectivity index (χ2n) is 29.8. The van der Waals surface area contributed by atoms with Crippen LogP contribution in [0.1, 0.15) is 254 Å². The van der Waals surface area contributed by atoms with E-state index in [4.69, 9.17) is 33.2 Å². The van der Waals surface area contributed by atoms with Gasteiger partial charge in [0, 0.05) is 105 Å². The van der Waals surface area contributed by atoms with Crippen LogP contribution in [0.15, 0.2) is 72.9 Å². The number of rotatable bonds is 4. The fraction of sp³-hybridized carbons (Fsp3) is 0.718. The van der Waals surface area contributed by atoms with Crippen molar-refractivity contribution in [1.29, 1.82) is 0 Å². The molecule has 20 nitrogen and oxygen atoms in total. The molecule has 12 rings (SSSR count). The molecule has 6 aliphatic carbocycles. The van der Waals surface area contributed by atoms with Crippen LogP contribution in [0.5, 0.6) is 0 Å². The lowest BCUT2D eigenvalue weighted by Gasteiger charge is -2.41. The molecule has 4 unspecified atom stereocenters. The monoisotopic (exact) mass is 1270 g/mol. The standard InChI is InChI=1S/C13H18O4.C12H17NO3.2C12H18O3.2C11H16O3/c1-9-8-13(17-11(9)15)6-4-12(3,5-7-13)16-10(2)14;1-8-7-12(16-11(8)15)5-3-10(4-6-12)13-9(2)14;1-3-11(14)4-6-12(7-5-11)8-9(2)10(13)15-12;1-3-11(14)5-4-6-12(8-11)7-9(2)10(13)15-12;1-8-7-11(14-9(8)12)5-3-10(2,13)4-6-11;1-8-6-11(14-9(8)12)5-3-4-10(2,13)7-11/h1,4-8H2,2-3H3;10H,1,3-7H2,2H3,(H,13,14);2*14H,2-8H2,1H3;2*13H,1,3-7H2,2H3. The quantitative estimate of drug-likeness (QED) is 0.0993. The van der Waals surface area contributed by atoms with Crippen LogP contribution in [0.2, 0.25) is 0 Å². The lowest BCUT2D eigenvalue weighted by molar-refractivity contribution is -0.170. The van der Waals surface area contributed by atoms with E-state index >= 15 is 0 Å². The number of carbonyl (C=O) groups is 8. The maximum atomic E-state index is 11.4. The summed E-state index contributed by atoms with van der Waals surface area (Å²) in [5.41, 5.74) is -1.75. The maximum absolute atomic E-state index is 11.4. The third-order valence-corrected chi connectivity index (χ3v) is 21.3. The van der Waals surface area contributed by atoms with Crippen molar-refractivity contribution in [2.45, 2.75) is 322 Å². The number of aliphatic hydroxyl groups is 4. The highest BCUT2D eigenvalue weighted by atomic mass is 16.6. The summed E-state index contributed by atoms with van der Waals surface area (Å²) in [6, 6.07) is 0.232. The summed E-state index contributed by atoms with van der Waals surface area (Å²) in [5, 5.41) is 43.0. The highest BCUT2D eigenvalue weighted by molar-refractivity contribution is 5.93. The Morgan fingerprint density at radius 3 is 1.05 bits per heavy atom. The van der Waals surface area contributed by atoms with Gasteiger partial charge < -0.3 is 58.9 Å². The van der Waals surface area contributed by atoms with E-state index in [1.807, 2.05) is 34.6 Å². The van der Waals surface area contributed by atoms with Crippen molar-refractivity contribution >= 4 is 47.7 Å². The molecule has 6 heterocycles. The van der Waals surface area contributed by atoms with Crippen LogP contribution in [-0.2, 0) is 71.5 Å². The fourth-order valence-electron chi connectivity index (χ4n) is 15.7. The number of ether oxygens (including phenoxy) is 7. The molecule has 6 saturated carbocycles. The van der Waals surface area contributed by atoms with Crippen molar-refractivity contribution in [2.75, 3.05) is 0 Å². The van der Waals surface area contributed by atoms with Gasteiger partial charge >= 0.3 is 41.8 Å². The minimum atomic E-state index is -0.691. The summed E-state index contributed by atoms with van der Waals surface area (Å²) in [4.78, 5) is 89.7. The minimum absolute atomic E-state index is 0.00813. The van der Waals surface area contributed by atoms with E-state index in [0.717, 1.165) is 141 Å². The van der Waals surface area contributed by atoms with Crippen molar-refractivity contribution in [3.63, 3.8) is 0 Å². The molecule has 12 fully saturated rings. The van der Waals surface area contributed by atoms with E-state index in [-0.39, 0.29) is 76.1 Å². The van der Waals surface area contributed by atoms with Crippen LogP contribution >= 0.6 is 0 Å². The predicted molar refractivity (Wildman–Crippen MR) is 336 cm³/mol. The largest absolute Gasteiger partial charge is 0.460 e. The molecular weight excluding hydrogens is 1170 g/mol. The molecule has 91 heavy (non-hydrogen) atoms. The third kappa shape index (κ3) is 18.5. The lowest BCUT2D eigenvalue weighted by Crippen LogP contribution is -2.45. The van der Waals surface area contributed by atoms with Crippen LogP contribution in [0.3, 0.4) is 0 Å². The number of hydrogen-bond acceptors (Lipinski definition) is 19. The Kier molecular flexibility index (Phi) is 21.9. The van der Waals surface area contributed by atoms with Crippen LogP contribution in [0.25, 0.3) is 0 Å². The van der Waals surface area contributed by atoms with Gasteiger partial charge in [-0.25, -0.2) is 28.8 Å². The molecule has 4 atom stereocenters. The van der Waals surface area contributed by atoms with Crippen molar-refractivity contribution < 1.29 is 91.9 Å². The van der Waals surface area contributed by atoms with E-state index in [9.17, 15) is 58.8 Å². The Balaban J connectivity index is 0.000000155. The summed E-state index contributed by atoms with van der Waals surface area (Å²) in [7, 11) is 0. The van der Waals surface area contributed by atoms with E-state index < -0.39 is 39.2 Å². The van der Waals surface area contributed by atoms with Crippen molar-refractivity contribution in [3.05, 3.63) is 72.9 Å². The molecule has 20 heteroatoms. The number of amides is 1. The second-order valence-corrected chi connectivity index (χ2v) is 29.8. The molecule has 6 aliphatic heterocycles. The smallest absolute Gasteiger partial charge is 0.334 e. The molecule has 12 aliphatic rings. The van der Waals surface area contributed by atoms with E-state index in [1.54, 1.807) is 0 Å². The summed E-state index contributed by atoms with van der Waals surface area (Å²) in [6.07, 6.45) is 23.7. The first-order valence-electron chi connectivity index (χ1n) is 33.0. The number of esters is 7. The third-order valence-electron chi connectivity index (χ3n) is 21.3. The fourth-order valence-corrected chi connectivity index (χ4v) is 15.7. The van der Waals surface area contributed by atoms with Gasteiger partial charge in [-0.2, -0.15) is 0 Å². The van der Waals surface area contributed by atoms with Crippen LogP contribution in [-0.4, -0.2) is 136 Å². The normalized spacial score (nSPS) is 39.6. The Morgan fingerprint density at radius 1 is 0.418 bits per heavy atom. The Labute approximate surface area is 537 Å². The van der Waals surface area contributed by atoms with E-state index in [0.29, 0.717) is 97.6 Å². The van der Waals surface area contributed by atoms with Crippen LogP contribution in [0.4, 0.5) is 0 Å². The van der Waals surface area contributed by atoms with E-state index in [1.165, 1.54) is 13.8 Å². The number of nitrogens with one attached hydrogen (secondary N) is 1. The van der Waals surface area contributed by atoms with Crippen molar-refractivity contribution in [3.8, 4) is 0 Å². The lowest BCUT2D eigenvalue weighted by atomic mass is 9.72. The topological polar surface area (TPSA) is 294 Å². The first-order chi connectivity index (χ1) is 42.2. The predicted octanol–water partition coefficient (Wildman–Crippen LogP) is 10.4. The summed E-state index contributed by atoms with van der Waals surface area (Å²) in [6.45, 7) is 34.7. The molecule has 5 N–H and O–H groups in total. The Morgan fingerprint density at radius 2 is 0.736 bits per heavy atom. The van der Waals surface area contributed by atoms with Gasteiger partial charge in [-0.1, -0.05) is 53.3 Å². The molecule has 1 amide bonds. The SMILES string of the molecule is C=C1CC2(CCC(C)(O)CC2)OC1=O.C=C1CC2(CCC(C)(OC(C)=O)CC2)OC1=O.C=C1CC2(CCC(NC(C)=O)CC2)OC1=O.C=C1CC2(CCC(O)(CC)CC2)OC1=O.C=C1CC2(CCCC(C)(O)C2)OC1=O.C=C1CC2(CCCC(O)(CC)C2)OC1=O. The Hall–Kier alpha value is -5.96. The zero-order chi connectivity index (χ0) is 67.4. The molecule has 0 aromatic carbocycles. The van der Waals surface area contributed by atoms with Gasteiger partial charge in [-0.15, -0.1) is 0 Å². The average molecular weight is 1270 g/mol. The highest BCUT2D eigenvalue weighted by Crippen LogP contribution is 2.51. The van der Waals surface area contributed by atoms with Crippen LogP contribution < -0.4 is 5.32 Å². The summed E-state index contributed by atoms with van der Waals surface area (Å²) >= 11 is 0. The minimum Gasteiger partial charge on any atom is -0.460 e. The van der Waals surface area contributed by atoms with Crippen molar-refractivity contribution in [1.82, 2.24) is 5.32 Å². The maximum Gasteiger partial charge on any atom is 0.334 e. The zero-order valence-electron chi connectivity index (χ0n) is 55.4. The summed E-state index contributed by atoms with van der Waals surface area (Å²) in [5.74, 6) is -1.86. The first kappa shape index (κ1) is 72.5. The number of carbonyl (C=O) groups excluding carboxylic acids is 8. The zero-order valence-corrected chi connectivity index (χ0v) is 55.4. The van der Waals surface area contributed by atoms with Gasteiger partial charge in [0.15, 0.2) is 0 Å². The van der Waals surface area contributed by atoms with Crippen LogP contribution in [0, 0.1) is 0 Å². The molecule has 6 saturated heterocycles. The highest BCUT2D eigenvalue weighted by Gasteiger charge is 2.54. The number of hydrogen-bond donors (Lipinski definition) is 5. The molecule has 0 bridgehead atoms. The Bertz CT molecular complexity index is 2790. The van der Waals surface area contributed by atoms with Gasteiger partial charge in [0.1, 0.15) is 39.2 Å².